The van der Waals surface area contributed by atoms with Crippen molar-refractivity contribution >= 4 is 52.6 Å². The molecule has 0 radical (unpaired) electrons. The first-order chi connectivity index (χ1) is 30.0. The second-order valence-electron chi connectivity index (χ2n) is 16.7. The van der Waals surface area contributed by atoms with Crippen molar-refractivity contribution in [3.8, 4) is 11.8 Å². The first kappa shape index (κ1) is 43.5. The number of thiophene rings is 1. The molecule has 4 fully saturated rings. The molecular formula is C46H51FN5O8PS. The van der Waals surface area contributed by atoms with E-state index in [1.165, 1.54) is 49.6 Å². The number of rotatable bonds is 14. The van der Waals surface area contributed by atoms with Crippen molar-refractivity contribution in [1.29, 1.82) is 5.26 Å². The van der Waals surface area contributed by atoms with Crippen LogP contribution >= 0.6 is 18.9 Å². The maximum Gasteiger partial charge on any atom is 0.355 e. The Morgan fingerprint density at radius 1 is 0.984 bits per heavy atom. The van der Waals surface area contributed by atoms with E-state index in [2.05, 4.69) is 16.5 Å². The Morgan fingerprint density at radius 3 is 2.42 bits per heavy atom. The van der Waals surface area contributed by atoms with Gasteiger partial charge in [0.25, 0.3) is 5.91 Å². The lowest BCUT2D eigenvalue weighted by Gasteiger charge is -2.37. The number of halogens is 1. The topological polar surface area (TPSA) is 167 Å². The highest BCUT2D eigenvalue weighted by Gasteiger charge is 2.64. The van der Waals surface area contributed by atoms with Crippen LogP contribution in [0, 0.1) is 17.2 Å². The summed E-state index contributed by atoms with van der Waals surface area (Å²) >= 11 is 1.17. The highest BCUT2D eigenvalue weighted by atomic mass is 32.1. The molecule has 0 bridgehead atoms. The number of amides is 3. The number of nitrogens with zero attached hydrogens (tertiary/aromatic N) is 3. The Balaban J connectivity index is 0.986. The van der Waals surface area contributed by atoms with Crippen molar-refractivity contribution in [2.24, 2.45) is 5.92 Å². The van der Waals surface area contributed by atoms with Gasteiger partial charge in [0, 0.05) is 30.3 Å². The normalized spacial score (nSPS) is 24.9. The van der Waals surface area contributed by atoms with Crippen LogP contribution in [0.25, 0.3) is 10.1 Å². The molecule has 1 saturated carbocycles. The molecule has 4 aromatic rings. The number of nitrogens with one attached hydrogen (secondary N) is 2. The number of carbonyl (C=O) groups excluding carboxylic acids is 4. The molecule has 3 aliphatic heterocycles. The predicted molar refractivity (Wildman–Crippen MR) is 231 cm³/mol. The number of esters is 1. The van der Waals surface area contributed by atoms with Crippen molar-refractivity contribution in [1.82, 2.24) is 20.2 Å². The smallest absolute Gasteiger partial charge is 0.355 e. The molecule has 3 amide bonds. The summed E-state index contributed by atoms with van der Waals surface area (Å²) in [6.45, 7) is 1.95. The second-order valence-corrected chi connectivity index (χ2v) is 19.9. The number of alkyl halides is 1. The van der Waals surface area contributed by atoms with Gasteiger partial charge in [0.1, 0.15) is 30.5 Å². The SMILES string of the molecule is COCCOC(=O)[C@H](C)NP(=O)(Oc1ccccc1)[C@@H](F)c1ccc2sc(C(=O)N[C@H]3CCCC[C@H]4CC[C@@H](C(=O)N5C[C@H](c6ccccc6)[C@@H](C#N)C56CC6)N4C3=O)cc2c1. The molecule has 8 atom stereocenters. The lowest BCUT2D eigenvalue weighted by molar-refractivity contribution is -0.148. The van der Waals surface area contributed by atoms with Crippen molar-refractivity contribution in [2.75, 3.05) is 26.9 Å². The molecule has 3 saturated heterocycles. The minimum atomic E-state index is -4.49. The lowest BCUT2D eigenvalue weighted by atomic mass is 9.85. The van der Waals surface area contributed by atoms with Crippen LogP contribution in [-0.2, 0) is 28.4 Å². The van der Waals surface area contributed by atoms with E-state index in [-0.39, 0.29) is 54.2 Å². The fourth-order valence-electron chi connectivity index (χ4n) is 9.54. The summed E-state index contributed by atoms with van der Waals surface area (Å²) < 4.78 is 47.5. The van der Waals surface area contributed by atoms with Crippen LogP contribution < -0.4 is 14.9 Å². The fourth-order valence-corrected chi connectivity index (χ4v) is 12.4. The van der Waals surface area contributed by atoms with Gasteiger partial charge in [-0.25, -0.2) is 9.48 Å². The second kappa shape index (κ2) is 18.3. The molecule has 1 unspecified atom stereocenters. The van der Waals surface area contributed by atoms with Gasteiger partial charge in [0.05, 0.1) is 29.0 Å². The van der Waals surface area contributed by atoms with Crippen LogP contribution in [0.15, 0.2) is 84.9 Å². The number of benzene rings is 3. The van der Waals surface area contributed by atoms with Gasteiger partial charge < -0.3 is 29.1 Å². The molecule has 1 aromatic heterocycles. The molecule has 1 spiro atoms. The van der Waals surface area contributed by atoms with Gasteiger partial charge >= 0.3 is 13.5 Å². The van der Waals surface area contributed by atoms with Gasteiger partial charge in [-0.1, -0.05) is 67.4 Å². The van der Waals surface area contributed by atoms with Gasteiger partial charge in [-0.05, 0) is 92.3 Å². The summed E-state index contributed by atoms with van der Waals surface area (Å²) in [6.07, 6.45) is 5.50. The van der Waals surface area contributed by atoms with Gasteiger partial charge in [-0.15, -0.1) is 11.3 Å². The molecule has 4 aliphatic rings. The van der Waals surface area contributed by atoms with E-state index in [9.17, 15) is 29.0 Å². The standard InChI is InChI=1S/C46H51FN5O8PS/c1-29(45(56)59-24-23-58-2)50-61(57,60-34-14-7-4-8-15-34)41(47)31-17-20-39-32(25-31)26-40(62-39)42(53)49-37-16-10-9-13-33-18-19-38(52(33)43(37)54)44(55)51-28-35(30-11-5-3-6-12-30)36(27-48)46(51)21-22-46/h3-8,11-12,14-15,17,20,25-26,29,33,35-38,41H,9-10,13,16,18-19,21-24,28H2,1-2H3,(H,49,53)(H,50,57)/t29-,33-,35+,36+,37-,38-,41+,61?/m0/s1. The van der Waals surface area contributed by atoms with Crippen LogP contribution in [0.2, 0.25) is 0 Å². The molecule has 326 valence electrons. The van der Waals surface area contributed by atoms with Gasteiger partial charge in [0.2, 0.25) is 17.7 Å². The number of fused-ring (bicyclic) bond motifs is 2. The molecular weight excluding hydrogens is 833 g/mol. The highest BCUT2D eigenvalue weighted by molar-refractivity contribution is 7.57. The van der Waals surface area contributed by atoms with Gasteiger partial charge in [-0.3, -0.25) is 23.7 Å². The highest BCUT2D eigenvalue weighted by Crippen LogP contribution is 2.59. The van der Waals surface area contributed by atoms with Crippen molar-refractivity contribution in [3.05, 3.63) is 101 Å². The molecule has 62 heavy (non-hydrogen) atoms. The molecule has 3 aromatic carbocycles. The largest absolute Gasteiger partial charge is 0.462 e. The van der Waals surface area contributed by atoms with Gasteiger partial charge in [0.15, 0.2) is 0 Å². The van der Waals surface area contributed by atoms with Crippen molar-refractivity contribution in [3.63, 3.8) is 0 Å². The quantitative estimate of drug-likeness (QED) is 0.0730. The first-order valence-electron chi connectivity index (χ1n) is 21.3. The molecule has 1 aliphatic carbocycles. The Labute approximate surface area is 364 Å². The van der Waals surface area contributed by atoms with E-state index in [0.717, 1.165) is 37.7 Å². The maximum absolute atomic E-state index is 16.6. The zero-order chi connectivity index (χ0) is 43.6. The van der Waals surface area contributed by atoms with Crippen LogP contribution in [0.3, 0.4) is 0 Å². The minimum Gasteiger partial charge on any atom is -0.462 e. The van der Waals surface area contributed by atoms with E-state index >= 15 is 4.39 Å². The lowest BCUT2D eigenvalue weighted by Crippen LogP contribution is -2.57. The summed E-state index contributed by atoms with van der Waals surface area (Å²) in [5.74, 6) is -4.15. The molecule has 2 N–H and O–H groups in total. The number of ether oxygens (including phenoxy) is 2. The number of methoxy groups -OCH3 is 1. The first-order valence-corrected chi connectivity index (χ1v) is 23.8. The zero-order valence-electron chi connectivity index (χ0n) is 34.7. The minimum absolute atomic E-state index is 0.00196. The van der Waals surface area contributed by atoms with Crippen molar-refractivity contribution in [2.45, 2.75) is 99.8 Å². The summed E-state index contributed by atoms with van der Waals surface area (Å²) in [5.41, 5.74) is 0.516. The maximum atomic E-state index is 16.6. The number of hydrogen-bond acceptors (Lipinski definition) is 10. The summed E-state index contributed by atoms with van der Waals surface area (Å²) in [7, 11) is -3.04. The third kappa shape index (κ3) is 8.63. The fraction of sp³-hybridized carbons (Fsp3) is 0.457. The molecule has 13 nitrogen and oxygen atoms in total. The Hall–Kier alpha value is -5.13. The average Bonchev–Trinajstić information content (AvgIpc) is 3.60. The van der Waals surface area contributed by atoms with E-state index in [0.29, 0.717) is 40.8 Å². The van der Waals surface area contributed by atoms with Crippen molar-refractivity contribution < 1.29 is 42.1 Å². The molecule has 8 rings (SSSR count). The van der Waals surface area contributed by atoms with E-state index < -0.39 is 49.0 Å². The van der Waals surface area contributed by atoms with Gasteiger partial charge in [-0.2, -0.15) is 5.26 Å². The van der Waals surface area contributed by atoms with E-state index in [1.807, 2.05) is 35.2 Å². The number of nitriles is 1. The van der Waals surface area contributed by atoms with Crippen LogP contribution in [-0.4, -0.2) is 90.1 Å². The van der Waals surface area contributed by atoms with E-state index in [4.69, 9.17) is 14.0 Å². The third-order valence-electron chi connectivity index (χ3n) is 12.8. The van der Waals surface area contributed by atoms with Crippen LogP contribution in [0.1, 0.15) is 90.9 Å². The number of para-hydroxylation sites is 1. The molecule has 4 heterocycles. The third-order valence-corrected chi connectivity index (χ3v) is 16.0. The summed E-state index contributed by atoms with van der Waals surface area (Å²) in [6, 6.07) is 23.8. The molecule has 16 heteroatoms. The Kier molecular flexibility index (Phi) is 12.8. The summed E-state index contributed by atoms with van der Waals surface area (Å²) in [5, 5.41) is 16.4. The van der Waals surface area contributed by atoms with E-state index in [1.54, 1.807) is 35.2 Å². The zero-order valence-corrected chi connectivity index (χ0v) is 36.5. The number of hydrogen-bond donors (Lipinski definition) is 2. The average molecular weight is 884 g/mol. The number of carbonyl (C=O) groups is 4. The Bertz CT molecular complexity index is 2390. The Morgan fingerprint density at radius 2 is 1.71 bits per heavy atom. The predicted octanol–water partition coefficient (Wildman–Crippen LogP) is 7.64. The monoisotopic (exact) mass is 883 g/mol. The van der Waals surface area contributed by atoms with Crippen LogP contribution in [0.4, 0.5) is 4.39 Å². The number of likely N-dealkylation sites (tertiary alicyclic amines) is 1. The van der Waals surface area contributed by atoms with Crippen LogP contribution in [0.5, 0.6) is 5.75 Å². The summed E-state index contributed by atoms with van der Waals surface area (Å²) in [4.78, 5) is 59.7.